The van der Waals surface area contributed by atoms with Crippen molar-refractivity contribution in [2.24, 2.45) is 7.05 Å². The largest absolute Gasteiger partial charge is 0.309 e. The minimum Gasteiger partial charge on any atom is -0.309 e. The minimum absolute atomic E-state index is 0.150. The van der Waals surface area contributed by atoms with Crippen LogP contribution in [0.2, 0.25) is 0 Å². The van der Waals surface area contributed by atoms with Crippen molar-refractivity contribution in [3.63, 3.8) is 0 Å². The molecule has 0 spiro atoms. The van der Waals surface area contributed by atoms with E-state index in [4.69, 9.17) is 0 Å². The van der Waals surface area contributed by atoms with Crippen molar-refractivity contribution in [3.8, 4) is 0 Å². The van der Waals surface area contributed by atoms with Crippen LogP contribution >= 0.6 is 11.8 Å². The van der Waals surface area contributed by atoms with Gasteiger partial charge in [0, 0.05) is 23.9 Å². The monoisotopic (exact) mass is 261 g/mol. The molecule has 0 radical (unpaired) electrons. The Morgan fingerprint density at radius 1 is 1.33 bits per heavy atom. The average Bonchev–Trinajstić information content (AvgIpc) is 2.70. The van der Waals surface area contributed by atoms with Gasteiger partial charge in [0.25, 0.3) is 0 Å². The molecule has 94 valence electrons. The summed E-state index contributed by atoms with van der Waals surface area (Å²) in [6.07, 6.45) is 0.509. The lowest BCUT2D eigenvalue weighted by atomic mass is 10.1. The Bertz CT molecular complexity index is 577. The third-order valence-electron chi connectivity index (χ3n) is 2.76. The number of carbonyl (C=O) groups is 1. The van der Waals surface area contributed by atoms with Crippen molar-refractivity contribution >= 4 is 17.5 Å². The van der Waals surface area contributed by atoms with Crippen LogP contribution in [0, 0.1) is 6.92 Å². The van der Waals surface area contributed by atoms with Crippen molar-refractivity contribution < 1.29 is 4.79 Å². The van der Waals surface area contributed by atoms with Crippen molar-refractivity contribution in [3.05, 3.63) is 35.7 Å². The predicted molar refractivity (Wildman–Crippen MR) is 70.9 cm³/mol. The maximum absolute atomic E-state index is 11.9. The van der Waals surface area contributed by atoms with Crippen LogP contribution in [0.25, 0.3) is 0 Å². The van der Waals surface area contributed by atoms with E-state index in [1.54, 1.807) is 0 Å². The van der Waals surface area contributed by atoms with Crippen molar-refractivity contribution in [2.75, 3.05) is 0 Å². The van der Waals surface area contributed by atoms with Gasteiger partial charge in [-0.05, 0) is 24.8 Å². The molecule has 0 atom stereocenters. The summed E-state index contributed by atoms with van der Waals surface area (Å²) in [6.45, 7) is 3.77. The summed E-state index contributed by atoms with van der Waals surface area (Å²) >= 11 is 1.47. The van der Waals surface area contributed by atoms with E-state index in [0.717, 1.165) is 21.4 Å². The van der Waals surface area contributed by atoms with Gasteiger partial charge >= 0.3 is 0 Å². The molecule has 0 unspecified atom stereocenters. The highest BCUT2D eigenvalue weighted by Gasteiger charge is 2.13. The number of aromatic nitrogens is 3. The molecule has 0 aliphatic carbocycles. The van der Waals surface area contributed by atoms with E-state index in [2.05, 4.69) is 10.2 Å². The summed E-state index contributed by atoms with van der Waals surface area (Å²) in [7, 11) is 1.92. The fourth-order valence-electron chi connectivity index (χ4n) is 1.55. The van der Waals surface area contributed by atoms with E-state index in [1.807, 2.05) is 49.7 Å². The zero-order chi connectivity index (χ0) is 13.1. The predicted octanol–water partition coefficient (Wildman–Crippen LogP) is 2.87. The Labute approximate surface area is 110 Å². The Kier molecular flexibility index (Phi) is 3.81. The van der Waals surface area contributed by atoms with E-state index < -0.39 is 0 Å². The van der Waals surface area contributed by atoms with E-state index >= 15 is 0 Å². The van der Waals surface area contributed by atoms with Crippen molar-refractivity contribution in [2.45, 2.75) is 30.3 Å². The van der Waals surface area contributed by atoms with Crippen LogP contribution in [0.3, 0.4) is 0 Å². The molecule has 0 saturated carbocycles. The molecule has 0 N–H and O–H groups in total. The highest BCUT2D eigenvalue weighted by atomic mass is 32.2. The zero-order valence-corrected chi connectivity index (χ0v) is 11.5. The van der Waals surface area contributed by atoms with Gasteiger partial charge in [0.1, 0.15) is 5.82 Å². The standard InChI is InChI=1S/C13H15N3OS/c1-4-11(17)10-7-5-6-8-12(10)18-13-15-14-9(2)16(13)3/h5-8H,4H2,1-3H3. The zero-order valence-electron chi connectivity index (χ0n) is 10.7. The lowest BCUT2D eigenvalue weighted by Gasteiger charge is -2.06. The summed E-state index contributed by atoms with van der Waals surface area (Å²) in [4.78, 5) is 12.8. The second-order valence-electron chi connectivity index (χ2n) is 3.96. The molecule has 4 nitrogen and oxygen atoms in total. The SMILES string of the molecule is CCC(=O)c1ccccc1Sc1nnc(C)n1C. The first-order valence-electron chi connectivity index (χ1n) is 5.79. The molecule has 2 aromatic rings. The molecule has 2 rings (SSSR count). The number of carbonyl (C=O) groups excluding carboxylic acids is 1. The number of hydrogen-bond acceptors (Lipinski definition) is 4. The maximum atomic E-state index is 11.9. The molecular formula is C13H15N3OS. The van der Waals surface area contributed by atoms with Gasteiger partial charge in [0.15, 0.2) is 10.9 Å². The fraction of sp³-hybridized carbons (Fsp3) is 0.308. The van der Waals surface area contributed by atoms with Crippen LogP contribution in [-0.4, -0.2) is 20.5 Å². The first-order chi connectivity index (χ1) is 8.63. The second kappa shape index (κ2) is 5.35. The van der Waals surface area contributed by atoms with E-state index in [0.29, 0.717) is 6.42 Å². The number of hydrogen-bond donors (Lipinski definition) is 0. The smallest absolute Gasteiger partial charge is 0.195 e. The lowest BCUT2D eigenvalue weighted by molar-refractivity contribution is 0.0985. The number of nitrogens with zero attached hydrogens (tertiary/aromatic N) is 3. The molecule has 0 fully saturated rings. The molecule has 0 aliphatic rings. The van der Waals surface area contributed by atoms with Gasteiger partial charge in [-0.3, -0.25) is 4.79 Å². The molecule has 0 aliphatic heterocycles. The van der Waals surface area contributed by atoms with Crippen LogP contribution < -0.4 is 0 Å². The summed E-state index contributed by atoms with van der Waals surface area (Å²) in [5.74, 6) is 1.01. The Morgan fingerprint density at radius 2 is 2.06 bits per heavy atom. The van der Waals surface area contributed by atoms with Crippen molar-refractivity contribution in [1.29, 1.82) is 0 Å². The quantitative estimate of drug-likeness (QED) is 0.794. The van der Waals surface area contributed by atoms with Gasteiger partial charge in [-0.2, -0.15) is 0 Å². The van der Waals surface area contributed by atoms with Gasteiger partial charge in [-0.1, -0.05) is 25.1 Å². The van der Waals surface area contributed by atoms with E-state index in [1.165, 1.54) is 11.8 Å². The van der Waals surface area contributed by atoms with Gasteiger partial charge < -0.3 is 4.57 Å². The topological polar surface area (TPSA) is 47.8 Å². The molecule has 18 heavy (non-hydrogen) atoms. The highest BCUT2D eigenvalue weighted by molar-refractivity contribution is 7.99. The normalized spacial score (nSPS) is 10.6. The lowest BCUT2D eigenvalue weighted by Crippen LogP contribution is -1.99. The summed E-state index contributed by atoms with van der Waals surface area (Å²) in [6, 6.07) is 7.61. The molecule has 1 heterocycles. The minimum atomic E-state index is 0.150. The number of aryl methyl sites for hydroxylation is 1. The van der Waals surface area contributed by atoms with E-state index in [-0.39, 0.29) is 5.78 Å². The van der Waals surface area contributed by atoms with Crippen LogP contribution in [0.15, 0.2) is 34.3 Å². The van der Waals surface area contributed by atoms with Gasteiger partial charge in [-0.25, -0.2) is 0 Å². The van der Waals surface area contributed by atoms with Crippen LogP contribution in [0.4, 0.5) is 0 Å². The number of rotatable bonds is 4. The first-order valence-corrected chi connectivity index (χ1v) is 6.61. The molecule has 0 amide bonds. The number of benzene rings is 1. The molecular weight excluding hydrogens is 246 g/mol. The summed E-state index contributed by atoms with van der Waals surface area (Å²) < 4.78 is 1.91. The summed E-state index contributed by atoms with van der Waals surface area (Å²) in [5.41, 5.74) is 0.755. The van der Waals surface area contributed by atoms with Crippen LogP contribution in [-0.2, 0) is 7.05 Å². The second-order valence-corrected chi connectivity index (χ2v) is 4.97. The molecule has 1 aromatic carbocycles. The third kappa shape index (κ3) is 2.46. The number of ketones is 1. The molecule has 0 bridgehead atoms. The third-order valence-corrected chi connectivity index (χ3v) is 3.88. The first kappa shape index (κ1) is 12.8. The number of Topliss-reactive ketones (excluding diaryl/α,β-unsaturated/α-hetero) is 1. The van der Waals surface area contributed by atoms with Crippen LogP contribution in [0.1, 0.15) is 29.5 Å². The average molecular weight is 261 g/mol. The van der Waals surface area contributed by atoms with Gasteiger partial charge in [-0.15, -0.1) is 10.2 Å². The summed E-state index contributed by atoms with van der Waals surface area (Å²) in [5, 5.41) is 8.91. The Balaban J connectivity index is 2.35. The van der Waals surface area contributed by atoms with Crippen LogP contribution in [0.5, 0.6) is 0 Å². The van der Waals surface area contributed by atoms with E-state index in [9.17, 15) is 4.79 Å². The van der Waals surface area contributed by atoms with Crippen molar-refractivity contribution in [1.82, 2.24) is 14.8 Å². The highest BCUT2D eigenvalue weighted by Crippen LogP contribution is 2.29. The molecule has 1 aromatic heterocycles. The van der Waals surface area contributed by atoms with Gasteiger partial charge in [0.05, 0.1) is 0 Å². The molecule has 0 saturated heterocycles. The Hall–Kier alpha value is -1.62. The maximum Gasteiger partial charge on any atom is 0.195 e. The van der Waals surface area contributed by atoms with Gasteiger partial charge in [0.2, 0.25) is 0 Å². The Morgan fingerprint density at radius 3 is 2.67 bits per heavy atom. The fourth-order valence-corrected chi connectivity index (χ4v) is 2.54. The molecule has 5 heteroatoms.